The van der Waals surface area contributed by atoms with Gasteiger partial charge in [0.1, 0.15) is 0 Å². The van der Waals surface area contributed by atoms with Gasteiger partial charge >= 0.3 is 0 Å². The van der Waals surface area contributed by atoms with Crippen LogP contribution in [0.25, 0.3) is 0 Å². The highest BCUT2D eigenvalue weighted by Crippen LogP contribution is 2.29. The molecule has 0 spiro atoms. The first kappa shape index (κ1) is 7.35. The largest absolute Gasteiger partial charge is 0.148 e. The molecule has 1 heteroatoms. The van der Waals surface area contributed by atoms with Crippen molar-refractivity contribution in [2.75, 3.05) is 0 Å². The molecule has 1 aromatic rings. The third kappa shape index (κ3) is 1.64. The molecule has 0 aromatic carbocycles. The lowest BCUT2D eigenvalue weighted by Gasteiger charge is -2.06. The summed E-state index contributed by atoms with van der Waals surface area (Å²) >= 11 is 1.64. The van der Waals surface area contributed by atoms with Gasteiger partial charge in [-0.05, 0) is 35.7 Å². The van der Waals surface area contributed by atoms with Crippen molar-refractivity contribution in [1.82, 2.24) is 0 Å². The van der Waals surface area contributed by atoms with Gasteiger partial charge in [-0.3, -0.25) is 0 Å². The van der Waals surface area contributed by atoms with Gasteiger partial charge in [-0.1, -0.05) is 20.8 Å². The zero-order chi connectivity index (χ0) is 9.30. The molecule has 1 rings (SSSR count). The Labute approximate surface area is 74.7 Å². The molecule has 62 valence electrons. The molecule has 0 unspecified atom stereocenters. The quantitative estimate of drug-likeness (QED) is 0.632. The summed E-state index contributed by atoms with van der Waals surface area (Å²) in [6.45, 7) is 8.63. The summed E-state index contributed by atoms with van der Waals surface area (Å²) in [6.07, 6.45) is 1.07. The van der Waals surface area contributed by atoms with E-state index >= 15 is 0 Å². The van der Waals surface area contributed by atoms with E-state index in [1.165, 1.54) is 16.0 Å². The van der Waals surface area contributed by atoms with E-state index in [-0.39, 0.29) is 0 Å². The molecule has 0 aliphatic carbocycles. The van der Waals surface area contributed by atoms with Gasteiger partial charge in [0.2, 0.25) is 0 Å². The molecule has 0 N–H and O–H groups in total. The lowest BCUT2D eigenvalue weighted by Crippen LogP contribution is -1.91. The summed E-state index contributed by atoms with van der Waals surface area (Å²) in [5.41, 5.74) is 2.60. The molecule has 0 aliphatic heterocycles. The molecule has 0 saturated heterocycles. The van der Waals surface area contributed by atoms with Crippen molar-refractivity contribution >= 4 is 11.3 Å². The van der Waals surface area contributed by atoms with Crippen molar-refractivity contribution in [1.29, 1.82) is 0 Å². The predicted molar refractivity (Wildman–Crippen MR) is 52.5 cm³/mol. The van der Waals surface area contributed by atoms with E-state index in [0.29, 0.717) is 5.92 Å². The molecule has 0 bridgehead atoms. The van der Waals surface area contributed by atoms with Crippen molar-refractivity contribution in [3.05, 3.63) is 21.4 Å². The van der Waals surface area contributed by atoms with Gasteiger partial charge in [0.25, 0.3) is 0 Å². The van der Waals surface area contributed by atoms with E-state index in [2.05, 4.69) is 27.7 Å². The van der Waals surface area contributed by atoms with Gasteiger partial charge in [-0.25, -0.2) is 0 Å². The second-order valence-corrected chi connectivity index (χ2v) is 4.08. The van der Waals surface area contributed by atoms with Crippen molar-refractivity contribution in [2.24, 2.45) is 0 Å². The maximum atomic E-state index is 7.70. The Kier molecular flexibility index (Phi) is 2.27. The van der Waals surface area contributed by atoms with Crippen molar-refractivity contribution in [2.45, 2.75) is 40.0 Å². The van der Waals surface area contributed by atoms with E-state index in [4.69, 9.17) is 1.37 Å². The normalized spacial score (nSPS) is 12.3. The van der Waals surface area contributed by atoms with Crippen LogP contribution < -0.4 is 0 Å². The van der Waals surface area contributed by atoms with Gasteiger partial charge in [0, 0.05) is 4.88 Å². The summed E-state index contributed by atoms with van der Waals surface area (Å²) in [6, 6.07) is 0. The van der Waals surface area contributed by atoms with Crippen LogP contribution in [0.4, 0.5) is 0 Å². The Bertz CT molecular complexity index is 274. The molecule has 0 amide bonds. The third-order valence-corrected chi connectivity index (χ3v) is 3.09. The van der Waals surface area contributed by atoms with Crippen LogP contribution in [0.2, 0.25) is 0 Å². The zero-order valence-electron chi connectivity index (χ0n) is 8.69. The van der Waals surface area contributed by atoms with Gasteiger partial charge in [-0.2, -0.15) is 0 Å². The Hall–Kier alpha value is -0.300. The molecule has 0 atom stereocenters. The highest BCUT2D eigenvalue weighted by atomic mass is 32.1. The number of rotatable bonds is 2. The van der Waals surface area contributed by atoms with E-state index in [0.717, 1.165) is 11.8 Å². The first-order valence-corrected chi connectivity index (χ1v) is 4.98. The van der Waals surface area contributed by atoms with Crippen molar-refractivity contribution in [3.63, 3.8) is 0 Å². The van der Waals surface area contributed by atoms with Crippen LogP contribution in [-0.4, -0.2) is 0 Å². The number of hydrogen-bond donors (Lipinski definition) is 0. The topological polar surface area (TPSA) is 0 Å². The summed E-state index contributed by atoms with van der Waals surface area (Å²) in [4.78, 5) is 1.40. The average Bonchev–Trinajstić information content (AvgIpc) is 2.28. The monoisotopic (exact) mass is 169 g/mol. The lowest BCUT2D eigenvalue weighted by atomic mass is 9.99. The molecular weight excluding hydrogens is 152 g/mol. The first-order valence-electron chi connectivity index (χ1n) is 4.66. The second kappa shape index (κ2) is 3.40. The lowest BCUT2D eigenvalue weighted by molar-refractivity contribution is 0.846. The van der Waals surface area contributed by atoms with Crippen LogP contribution in [0.1, 0.15) is 44.1 Å². The molecule has 11 heavy (non-hydrogen) atoms. The SMILES string of the molecule is [2H]c1sc(CC)c(C(C)C)c1C. The van der Waals surface area contributed by atoms with E-state index in [1.54, 1.807) is 11.3 Å². The molecule has 0 nitrogen and oxygen atoms in total. The molecule has 0 radical (unpaired) electrons. The fourth-order valence-corrected chi connectivity index (χ4v) is 2.50. The minimum Gasteiger partial charge on any atom is -0.148 e. The Morgan fingerprint density at radius 3 is 2.64 bits per heavy atom. The standard InChI is InChI=1S/C10H16S/c1-5-9-10(7(2)3)8(4)6-11-9/h6-7H,5H2,1-4H3/i6D. The maximum absolute atomic E-state index is 7.70. The van der Waals surface area contributed by atoms with Crippen molar-refractivity contribution < 1.29 is 1.37 Å². The Morgan fingerprint density at radius 2 is 2.27 bits per heavy atom. The first-order chi connectivity index (χ1) is 5.57. The van der Waals surface area contributed by atoms with Gasteiger partial charge in [0.05, 0.1) is 1.37 Å². The van der Waals surface area contributed by atoms with E-state index in [9.17, 15) is 0 Å². The zero-order valence-corrected chi connectivity index (χ0v) is 8.51. The summed E-state index contributed by atoms with van der Waals surface area (Å²) < 4.78 is 7.70. The average molecular weight is 169 g/mol. The highest BCUT2D eigenvalue weighted by Gasteiger charge is 2.09. The smallest absolute Gasteiger partial charge is 0.0742 e. The van der Waals surface area contributed by atoms with Crippen LogP contribution in [0, 0.1) is 6.92 Å². The number of thiophene rings is 1. The van der Waals surface area contributed by atoms with Crippen LogP contribution in [0.5, 0.6) is 0 Å². The van der Waals surface area contributed by atoms with Gasteiger partial charge in [0.15, 0.2) is 0 Å². The Balaban J connectivity index is 3.21. The van der Waals surface area contributed by atoms with Crippen LogP contribution in [-0.2, 0) is 6.42 Å². The minimum absolute atomic E-state index is 0.565. The molecule has 1 heterocycles. The number of aryl methyl sites for hydroxylation is 1. The highest BCUT2D eigenvalue weighted by molar-refractivity contribution is 7.10. The predicted octanol–water partition coefficient (Wildman–Crippen LogP) is 3.74. The fraction of sp³-hybridized carbons (Fsp3) is 0.600. The van der Waals surface area contributed by atoms with Gasteiger partial charge in [-0.15, -0.1) is 11.3 Å². The van der Waals surface area contributed by atoms with Crippen LogP contribution in [0.3, 0.4) is 0 Å². The Morgan fingerprint density at radius 1 is 1.64 bits per heavy atom. The maximum Gasteiger partial charge on any atom is 0.0742 e. The van der Waals surface area contributed by atoms with E-state index in [1.807, 2.05) is 0 Å². The molecule has 0 saturated carbocycles. The third-order valence-electron chi connectivity index (χ3n) is 1.93. The van der Waals surface area contributed by atoms with Crippen LogP contribution >= 0.6 is 11.3 Å². The molecular formula is C10H16S. The summed E-state index contributed by atoms with van der Waals surface area (Å²) in [5, 5.41) is 0.746. The molecule has 0 aliphatic rings. The second-order valence-electron chi connectivity index (χ2n) is 3.17. The molecule has 0 fully saturated rings. The van der Waals surface area contributed by atoms with Gasteiger partial charge < -0.3 is 0 Å². The summed E-state index contributed by atoms with van der Waals surface area (Å²) in [7, 11) is 0. The van der Waals surface area contributed by atoms with E-state index < -0.39 is 0 Å². The minimum atomic E-state index is 0.565. The summed E-state index contributed by atoms with van der Waals surface area (Å²) in [5.74, 6) is 0.565. The van der Waals surface area contributed by atoms with Crippen LogP contribution in [0.15, 0.2) is 5.36 Å². The van der Waals surface area contributed by atoms with Crippen molar-refractivity contribution in [3.8, 4) is 0 Å². The fourth-order valence-electron chi connectivity index (χ4n) is 1.47. The number of hydrogen-bond acceptors (Lipinski definition) is 1. The molecule has 1 aromatic heterocycles.